The number of hydrogen-bond donors (Lipinski definition) is 1. The maximum absolute atomic E-state index is 12.4. The second kappa shape index (κ2) is 7.06. The van der Waals surface area contributed by atoms with E-state index in [9.17, 15) is 9.90 Å². The molecule has 1 aromatic carbocycles. The lowest BCUT2D eigenvalue weighted by Crippen LogP contribution is -2.36. The highest BCUT2D eigenvalue weighted by Crippen LogP contribution is 2.25. The molecule has 0 bridgehead atoms. The topological polar surface area (TPSA) is 62.9 Å². The van der Waals surface area contributed by atoms with Crippen molar-refractivity contribution in [2.24, 2.45) is 0 Å². The summed E-state index contributed by atoms with van der Waals surface area (Å²) in [4.78, 5) is 13.8. The monoisotopic (exact) mass is 289 g/mol. The van der Waals surface area contributed by atoms with E-state index in [-0.39, 0.29) is 24.8 Å². The molecule has 0 fully saturated rings. The van der Waals surface area contributed by atoms with Crippen molar-refractivity contribution in [3.8, 4) is 11.1 Å². The van der Waals surface area contributed by atoms with Crippen LogP contribution in [0.5, 0.6) is 0 Å². The molecule has 0 saturated carbocycles. The van der Waals surface area contributed by atoms with Crippen LogP contribution in [-0.2, 0) is 4.74 Å². The highest BCUT2D eigenvalue weighted by molar-refractivity contribution is 5.98. The summed E-state index contributed by atoms with van der Waals surface area (Å²) in [5.74, 6) is 0.00215. The van der Waals surface area contributed by atoms with E-state index in [4.69, 9.17) is 9.15 Å². The van der Waals surface area contributed by atoms with Gasteiger partial charge in [-0.1, -0.05) is 30.3 Å². The summed E-state index contributed by atoms with van der Waals surface area (Å²) in [7, 11) is 3.13. The van der Waals surface area contributed by atoms with Gasteiger partial charge in [-0.25, -0.2) is 0 Å². The lowest BCUT2D eigenvalue weighted by atomic mass is 10.1. The molecular weight excluding hydrogens is 270 g/mol. The first kappa shape index (κ1) is 15.3. The quantitative estimate of drug-likeness (QED) is 0.883. The lowest BCUT2D eigenvalue weighted by Gasteiger charge is -2.20. The Morgan fingerprint density at radius 1 is 1.33 bits per heavy atom. The fraction of sp³-hybridized carbons (Fsp3) is 0.312. The van der Waals surface area contributed by atoms with Crippen LogP contribution in [0.1, 0.15) is 10.6 Å². The maximum atomic E-state index is 12.4. The molecule has 0 saturated heterocycles. The Morgan fingerprint density at radius 2 is 2.05 bits per heavy atom. The first-order valence-electron chi connectivity index (χ1n) is 6.69. The predicted octanol–water partition coefficient (Wildman–Crippen LogP) is 2.03. The molecule has 2 aromatic rings. The van der Waals surface area contributed by atoms with Gasteiger partial charge in [0.15, 0.2) is 5.76 Å². The predicted molar refractivity (Wildman–Crippen MR) is 79.0 cm³/mol. The number of aliphatic hydroxyl groups excluding tert-OH is 1. The zero-order chi connectivity index (χ0) is 15.2. The zero-order valence-corrected chi connectivity index (χ0v) is 12.2. The third-order valence-electron chi connectivity index (χ3n) is 3.13. The minimum absolute atomic E-state index is 0.182. The molecule has 1 unspecified atom stereocenters. The Labute approximate surface area is 123 Å². The first-order chi connectivity index (χ1) is 10.1. The Hall–Kier alpha value is -2.11. The molecule has 112 valence electrons. The van der Waals surface area contributed by atoms with Gasteiger partial charge in [0, 0.05) is 26.3 Å². The SMILES string of the molecule is COCC(O)CN(C)C(=O)c1occc1-c1ccccc1. The molecule has 0 aliphatic rings. The van der Waals surface area contributed by atoms with Crippen LogP contribution in [-0.4, -0.2) is 49.3 Å². The highest BCUT2D eigenvalue weighted by atomic mass is 16.5. The zero-order valence-electron chi connectivity index (χ0n) is 12.2. The summed E-state index contributed by atoms with van der Waals surface area (Å²) >= 11 is 0. The van der Waals surface area contributed by atoms with Gasteiger partial charge in [-0.3, -0.25) is 4.79 Å². The number of carbonyl (C=O) groups excluding carboxylic acids is 1. The van der Waals surface area contributed by atoms with Crippen LogP contribution in [0.4, 0.5) is 0 Å². The second-order valence-electron chi connectivity index (χ2n) is 4.82. The van der Waals surface area contributed by atoms with Gasteiger partial charge >= 0.3 is 0 Å². The number of nitrogens with zero attached hydrogens (tertiary/aromatic N) is 1. The number of likely N-dealkylation sites (N-methyl/N-ethyl adjacent to an activating group) is 1. The second-order valence-corrected chi connectivity index (χ2v) is 4.82. The summed E-state index contributed by atoms with van der Waals surface area (Å²) in [6.07, 6.45) is 0.772. The fourth-order valence-electron chi connectivity index (χ4n) is 2.14. The van der Waals surface area contributed by atoms with Crippen LogP contribution >= 0.6 is 0 Å². The summed E-state index contributed by atoms with van der Waals surface area (Å²) in [6.45, 7) is 0.364. The molecular formula is C16H19NO4. The summed E-state index contributed by atoms with van der Waals surface area (Å²) in [6, 6.07) is 11.3. The molecule has 5 nitrogen and oxygen atoms in total. The van der Waals surface area contributed by atoms with Crippen molar-refractivity contribution in [2.45, 2.75) is 6.10 Å². The van der Waals surface area contributed by atoms with Crippen molar-refractivity contribution in [3.63, 3.8) is 0 Å². The van der Waals surface area contributed by atoms with Crippen LogP contribution < -0.4 is 0 Å². The molecule has 1 N–H and O–H groups in total. The van der Waals surface area contributed by atoms with Crippen molar-refractivity contribution in [3.05, 3.63) is 48.4 Å². The first-order valence-corrected chi connectivity index (χ1v) is 6.69. The summed E-state index contributed by atoms with van der Waals surface area (Å²) < 4.78 is 10.2. The summed E-state index contributed by atoms with van der Waals surface area (Å²) in [5, 5.41) is 9.70. The van der Waals surface area contributed by atoms with Crippen LogP contribution in [0.2, 0.25) is 0 Å². The number of carbonyl (C=O) groups is 1. The third kappa shape index (κ3) is 3.71. The van der Waals surface area contributed by atoms with E-state index >= 15 is 0 Å². The number of methoxy groups -OCH3 is 1. The molecule has 5 heteroatoms. The Kier molecular flexibility index (Phi) is 5.14. The van der Waals surface area contributed by atoms with Crippen LogP contribution in [0, 0.1) is 0 Å². The van der Waals surface area contributed by atoms with Crippen molar-refractivity contribution in [2.75, 3.05) is 27.3 Å². The minimum atomic E-state index is -0.723. The van der Waals surface area contributed by atoms with Gasteiger partial charge in [-0.2, -0.15) is 0 Å². The summed E-state index contributed by atoms with van der Waals surface area (Å²) in [5.41, 5.74) is 1.66. The Balaban J connectivity index is 2.15. The van der Waals surface area contributed by atoms with Gasteiger partial charge in [0.1, 0.15) is 0 Å². The van der Waals surface area contributed by atoms with E-state index in [2.05, 4.69) is 0 Å². The maximum Gasteiger partial charge on any atom is 0.290 e. The van der Waals surface area contributed by atoms with Gasteiger partial charge < -0.3 is 19.2 Å². The number of aliphatic hydroxyl groups is 1. The van der Waals surface area contributed by atoms with Gasteiger partial charge in [-0.15, -0.1) is 0 Å². The molecule has 0 aliphatic heterocycles. The van der Waals surface area contributed by atoms with E-state index in [0.29, 0.717) is 0 Å². The van der Waals surface area contributed by atoms with E-state index in [1.807, 2.05) is 30.3 Å². The smallest absolute Gasteiger partial charge is 0.290 e. The van der Waals surface area contributed by atoms with Gasteiger partial charge in [0.05, 0.1) is 19.0 Å². The van der Waals surface area contributed by atoms with Crippen LogP contribution in [0.3, 0.4) is 0 Å². The van der Waals surface area contributed by atoms with E-state index in [0.717, 1.165) is 11.1 Å². The van der Waals surface area contributed by atoms with Crippen molar-refractivity contribution >= 4 is 5.91 Å². The Bertz CT molecular complexity index is 579. The number of ether oxygens (including phenoxy) is 1. The molecule has 0 aliphatic carbocycles. The molecule has 1 aromatic heterocycles. The lowest BCUT2D eigenvalue weighted by molar-refractivity contribution is 0.0368. The number of furan rings is 1. The van der Waals surface area contributed by atoms with E-state index in [1.165, 1.54) is 18.3 Å². The van der Waals surface area contributed by atoms with Crippen LogP contribution in [0.15, 0.2) is 47.1 Å². The minimum Gasteiger partial charge on any atom is -0.459 e. The van der Waals surface area contributed by atoms with Crippen molar-refractivity contribution in [1.29, 1.82) is 0 Å². The molecule has 1 heterocycles. The Morgan fingerprint density at radius 3 is 2.71 bits per heavy atom. The number of hydrogen-bond acceptors (Lipinski definition) is 4. The number of rotatable bonds is 6. The largest absolute Gasteiger partial charge is 0.459 e. The molecule has 2 rings (SSSR count). The fourth-order valence-corrected chi connectivity index (χ4v) is 2.14. The van der Waals surface area contributed by atoms with Crippen molar-refractivity contribution in [1.82, 2.24) is 4.90 Å². The van der Waals surface area contributed by atoms with E-state index < -0.39 is 6.10 Å². The molecule has 0 spiro atoms. The average Bonchev–Trinajstić information content (AvgIpc) is 2.96. The third-order valence-corrected chi connectivity index (χ3v) is 3.13. The number of amides is 1. The molecule has 0 radical (unpaired) electrons. The molecule has 21 heavy (non-hydrogen) atoms. The van der Waals surface area contributed by atoms with E-state index in [1.54, 1.807) is 13.1 Å². The van der Waals surface area contributed by atoms with Crippen LogP contribution in [0.25, 0.3) is 11.1 Å². The van der Waals surface area contributed by atoms with Gasteiger partial charge in [0.2, 0.25) is 0 Å². The average molecular weight is 289 g/mol. The molecule has 1 atom stereocenters. The normalized spacial score (nSPS) is 12.1. The highest BCUT2D eigenvalue weighted by Gasteiger charge is 2.22. The number of benzene rings is 1. The van der Waals surface area contributed by atoms with Gasteiger partial charge in [0.25, 0.3) is 5.91 Å². The molecule has 1 amide bonds. The van der Waals surface area contributed by atoms with Crippen molar-refractivity contribution < 1.29 is 19.1 Å². The van der Waals surface area contributed by atoms with Gasteiger partial charge in [-0.05, 0) is 11.6 Å². The standard InChI is InChI=1S/C16H19NO4/c1-17(10-13(18)11-20-2)16(19)15-14(8-9-21-15)12-6-4-3-5-7-12/h3-9,13,18H,10-11H2,1-2H3.